The van der Waals surface area contributed by atoms with Gasteiger partial charge in [-0.1, -0.05) is 50.6 Å². The first-order valence-electron chi connectivity index (χ1n) is 9.91. The molecule has 3 atom stereocenters. The molecule has 1 fully saturated rings. The van der Waals surface area contributed by atoms with Crippen molar-refractivity contribution in [1.29, 1.82) is 0 Å². The van der Waals surface area contributed by atoms with E-state index in [1.807, 2.05) is 22.8 Å². The molecule has 2 heterocycles. The quantitative estimate of drug-likeness (QED) is 0.418. The van der Waals surface area contributed by atoms with Crippen LogP contribution < -0.4 is 5.56 Å². The average Bonchev–Trinajstić information content (AvgIpc) is 3.18. The number of thioether (sulfide) groups is 1. The highest BCUT2D eigenvalue weighted by Crippen LogP contribution is 2.39. The van der Waals surface area contributed by atoms with Gasteiger partial charge in [-0.25, -0.2) is 9.97 Å². The zero-order chi connectivity index (χ0) is 20.5. The molecule has 3 unspecified atom stereocenters. The summed E-state index contributed by atoms with van der Waals surface area (Å²) >= 11 is 1.30. The number of imidazole rings is 1. The lowest BCUT2D eigenvalue weighted by molar-refractivity contribution is 0.0678. The second-order valence-electron chi connectivity index (χ2n) is 7.74. The maximum Gasteiger partial charge on any atom is 0.319 e. The van der Waals surface area contributed by atoms with Gasteiger partial charge in [0, 0.05) is 18.4 Å². The van der Waals surface area contributed by atoms with Gasteiger partial charge >= 0.3 is 6.55 Å². The van der Waals surface area contributed by atoms with Crippen molar-refractivity contribution < 1.29 is 8.78 Å². The van der Waals surface area contributed by atoms with Crippen LogP contribution >= 0.6 is 11.8 Å². The van der Waals surface area contributed by atoms with Crippen molar-refractivity contribution in [3.63, 3.8) is 0 Å². The second-order valence-corrected chi connectivity index (χ2v) is 8.68. The number of rotatable bonds is 5. The summed E-state index contributed by atoms with van der Waals surface area (Å²) in [7, 11) is 0. The highest BCUT2D eigenvalue weighted by Gasteiger charge is 2.31. The minimum atomic E-state index is -2.64. The maximum absolute atomic E-state index is 13.4. The summed E-state index contributed by atoms with van der Waals surface area (Å²) < 4.78 is 29.0. The van der Waals surface area contributed by atoms with Crippen molar-refractivity contribution in [1.82, 2.24) is 19.1 Å². The Bertz CT molecular complexity index is 1060. The van der Waals surface area contributed by atoms with Crippen molar-refractivity contribution in [3.8, 4) is 0 Å². The highest BCUT2D eigenvalue weighted by atomic mass is 32.2. The normalized spacial score (nSPS) is 22.4. The molecule has 1 aromatic carbocycles. The van der Waals surface area contributed by atoms with Gasteiger partial charge in [-0.2, -0.15) is 8.78 Å². The van der Waals surface area contributed by atoms with E-state index < -0.39 is 6.55 Å². The topological polar surface area (TPSA) is 52.7 Å². The number of hydrogen-bond acceptors (Lipinski definition) is 4. The summed E-state index contributed by atoms with van der Waals surface area (Å²) in [5.41, 5.74) is 0.575. The van der Waals surface area contributed by atoms with Crippen LogP contribution in [0.25, 0.3) is 10.9 Å². The minimum Gasteiger partial charge on any atom is -0.284 e. The smallest absolute Gasteiger partial charge is 0.284 e. The van der Waals surface area contributed by atoms with Crippen molar-refractivity contribution in [2.24, 2.45) is 11.8 Å². The zero-order valence-corrected chi connectivity index (χ0v) is 17.3. The number of fused-ring (bicyclic) bond motifs is 1. The first kappa shape index (κ1) is 20.1. The third-order valence-electron chi connectivity index (χ3n) is 6.06. The fourth-order valence-electron chi connectivity index (χ4n) is 4.20. The third kappa shape index (κ3) is 3.82. The van der Waals surface area contributed by atoms with Gasteiger partial charge < -0.3 is 0 Å². The summed E-state index contributed by atoms with van der Waals surface area (Å²) in [4.78, 5) is 22.2. The second kappa shape index (κ2) is 8.26. The van der Waals surface area contributed by atoms with Crippen LogP contribution in [0.1, 0.15) is 51.5 Å². The number of nitrogens with zero attached hydrogens (tertiary/aromatic N) is 4. The lowest BCUT2D eigenvalue weighted by Crippen LogP contribution is -2.35. The van der Waals surface area contributed by atoms with E-state index in [0.29, 0.717) is 27.9 Å². The predicted octanol–water partition coefficient (Wildman–Crippen LogP) is 5.28. The number of halogens is 2. The molecular weight excluding hydrogens is 394 g/mol. The molecule has 0 saturated heterocycles. The zero-order valence-electron chi connectivity index (χ0n) is 16.5. The Morgan fingerprint density at radius 3 is 2.83 bits per heavy atom. The molecule has 0 N–H and O–H groups in total. The van der Waals surface area contributed by atoms with Crippen LogP contribution in [0.15, 0.2) is 46.6 Å². The lowest BCUT2D eigenvalue weighted by Gasteiger charge is -2.36. The number of hydrogen-bond donors (Lipinski definition) is 0. The van der Waals surface area contributed by atoms with E-state index in [9.17, 15) is 13.6 Å². The monoisotopic (exact) mass is 418 g/mol. The number of aromatic nitrogens is 4. The molecule has 0 amide bonds. The summed E-state index contributed by atoms with van der Waals surface area (Å²) in [5, 5.41) is 1.17. The molecular formula is C21H24F2N4OS. The Labute approximate surface area is 172 Å². The first-order valence-corrected chi connectivity index (χ1v) is 10.9. The highest BCUT2D eigenvalue weighted by molar-refractivity contribution is 7.98. The fraction of sp³-hybridized carbons (Fsp3) is 0.476. The number of para-hydroxylation sites is 1. The van der Waals surface area contributed by atoms with Gasteiger partial charge in [0.1, 0.15) is 5.82 Å². The molecule has 154 valence electrons. The van der Waals surface area contributed by atoms with Crippen LogP contribution in [0.3, 0.4) is 0 Å². The van der Waals surface area contributed by atoms with Gasteiger partial charge in [0.2, 0.25) is 0 Å². The molecule has 1 aliphatic rings. The Hall–Kier alpha value is -2.22. The van der Waals surface area contributed by atoms with Crippen LogP contribution in [0.5, 0.6) is 0 Å². The van der Waals surface area contributed by atoms with Crippen molar-refractivity contribution in [2.45, 2.75) is 56.6 Å². The largest absolute Gasteiger partial charge is 0.319 e. The van der Waals surface area contributed by atoms with E-state index in [0.717, 1.165) is 23.8 Å². The molecule has 1 saturated carbocycles. The Morgan fingerprint density at radius 1 is 1.24 bits per heavy atom. The first-order chi connectivity index (χ1) is 14.0. The van der Waals surface area contributed by atoms with Gasteiger partial charge in [-0.3, -0.25) is 13.9 Å². The molecule has 4 rings (SSSR count). The molecule has 5 nitrogen and oxygen atoms in total. The lowest BCUT2D eigenvalue weighted by atomic mass is 9.78. The van der Waals surface area contributed by atoms with Crippen LogP contribution in [0.2, 0.25) is 0 Å². The van der Waals surface area contributed by atoms with Crippen LogP contribution in [0.4, 0.5) is 8.78 Å². The van der Waals surface area contributed by atoms with Gasteiger partial charge in [-0.15, -0.1) is 0 Å². The van der Waals surface area contributed by atoms with E-state index in [1.165, 1.54) is 24.2 Å². The molecule has 0 spiro atoms. The summed E-state index contributed by atoms with van der Waals surface area (Å²) in [6.07, 6.45) is 5.78. The van der Waals surface area contributed by atoms with Crippen molar-refractivity contribution >= 4 is 22.7 Å². The van der Waals surface area contributed by atoms with Gasteiger partial charge in [-0.05, 0) is 30.4 Å². The van der Waals surface area contributed by atoms with Crippen LogP contribution in [-0.2, 0) is 5.75 Å². The molecule has 29 heavy (non-hydrogen) atoms. The minimum absolute atomic E-state index is 0.0544. The van der Waals surface area contributed by atoms with E-state index in [1.54, 1.807) is 6.07 Å². The van der Waals surface area contributed by atoms with Crippen LogP contribution in [0, 0.1) is 11.8 Å². The SMILES string of the molecule is CC1CCCC(n2c(SCc3nccn3C(F)F)nc3ccccc3c2=O)C1C. The molecule has 1 aliphatic carbocycles. The molecule has 0 bridgehead atoms. The number of alkyl halides is 2. The molecule has 2 aromatic heterocycles. The Morgan fingerprint density at radius 2 is 2.03 bits per heavy atom. The van der Waals surface area contributed by atoms with Crippen molar-refractivity contribution in [2.75, 3.05) is 0 Å². The van der Waals surface area contributed by atoms with E-state index in [-0.39, 0.29) is 23.2 Å². The maximum atomic E-state index is 13.4. The standard InChI is InChI=1S/C21H24F2N4OS/c1-13-6-5-9-17(14(13)2)27-19(28)15-7-3-4-8-16(15)25-21(27)29-12-18-24-10-11-26(18)20(22)23/h3-4,7-8,10-11,13-14,17,20H,5-6,9,12H2,1-2H3. The van der Waals surface area contributed by atoms with Gasteiger partial charge in [0.25, 0.3) is 5.56 Å². The van der Waals surface area contributed by atoms with E-state index in [2.05, 4.69) is 18.8 Å². The fourth-order valence-corrected chi connectivity index (χ4v) is 5.20. The van der Waals surface area contributed by atoms with Gasteiger partial charge in [0.05, 0.1) is 16.7 Å². The Kier molecular flexibility index (Phi) is 5.72. The van der Waals surface area contributed by atoms with Gasteiger partial charge in [0.15, 0.2) is 5.16 Å². The number of benzene rings is 1. The summed E-state index contributed by atoms with van der Waals surface area (Å²) in [6, 6.07) is 7.37. The average molecular weight is 419 g/mol. The molecule has 8 heteroatoms. The summed E-state index contributed by atoms with van der Waals surface area (Å²) in [6.45, 7) is 1.77. The molecule has 0 radical (unpaired) electrons. The Balaban J connectivity index is 1.77. The van der Waals surface area contributed by atoms with E-state index >= 15 is 0 Å². The predicted molar refractivity (Wildman–Crippen MR) is 110 cm³/mol. The van der Waals surface area contributed by atoms with E-state index in [4.69, 9.17) is 4.98 Å². The summed E-state index contributed by atoms with van der Waals surface area (Å²) in [5.74, 6) is 1.34. The van der Waals surface area contributed by atoms with Crippen LogP contribution in [-0.4, -0.2) is 19.1 Å². The third-order valence-corrected chi connectivity index (χ3v) is 7.01. The van der Waals surface area contributed by atoms with Crippen molar-refractivity contribution in [3.05, 3.63) is 52.8 Å². The molecule has 3 aromatic rings. The molecule has 0 aliphatic heterocycles.